The summed E-state index contributed by atoms with van der Waals surface area (Å²) in [5.74, 6) is -0.267. The fraction of sp³-hybridized carbons (Fsp3) is 0.278. The average molecular weight is 281 g/mol. The van der Waals surface area contributed by atoms with E-state index in [4.69, 9.17) is 4.74 Å². The predicted octanol–water partition coefficient (Wildman–Crippen LogP) is 3.64. The van der Waals surface area contributed by atoms with Gasteiger partial charge in [0.05, 0.1) is 5.56 Å². The summed E-state index contributed by atoms with van der Waals surface area (Å²) in [6.45, 7) is 1.95. The normalized spacial score (nSPS) is 16.6. The van der Waals surface area contributed by atoms with Crippen LogP contribution < -0.4 is 0 Å². The first-order valence-electron chi connectivity index (χ1n) is 7.39. The fourth-order valence-corrected chi connectivity index (χ4v) is 2.69. The standard InChI is InChI=1S/C18H19NO2/c20-18(16-11-5-2-6-12-16)21-17(19-13-7-8-14-19)15-9-3-1-4-10-15/h1-6,9-12,17H,7-8,13-14H2. The molecule has 0 amide bonds. The summed E-state index contributed by atoms with van der Waals surface area (Å²) in [7, 11) is 0. The Kier molecular flexibility index (Phi) is 4.31. The number of carbonyl (C=O) groups excluding carboxylic acids is 1. The van der Waals surface area contributed by atoms with Crippen LogP contribution in [0.5, 0.6) is 0 Å². The van der Waals surface area contributed by atoms with E-state index < -0.39 is 0 Å². The Morgan fingerprint density at radius 3 is 2.10 bits per heavy atom. The number of nitrogens with zero attached hydrogens (tertiary/aromatic N) is 1. The van der Waals surface area contributed by atoms with Crippen molar-refractivity contribution in [1.29, 1.82) is 0 Å². The molecule has 1 atom stereocenters. The van der Waals surface area contributed by atoms with E-state index in [9.17, 15) is 4.79 Å². The number of esters is 1. The zero-order valence-corrected chi connectivity index (χ0v) is 11.9. The summed E-state index contributed by atoms with van der Waals surface area (Å²) in [6, 6.07) is 19.1. The molecule has 1 heterocycles. The van der Waals surface area contributed by atoms with Crippen molar-refractivity contribution in [3.63, 3.8) is 0 Å². The monoisotopic (exact) mass is 281 g/mol. The van der Waals surface area contributed by atoms with E-state index >= 15 is 0 Å². The van der Waals surface area contributed by atoms with Crippen molar-refractivity contribution in [2.45, 2.75) is 19.1 Å². The van der Waals surface area contributed by atoms with E-state index in [0.717, 1.165) is 31.5 Å². The van der Waals surface area contributed by atoms with Gasteiger partial charge in [0.2, 0.25) is 0 Å². The van der Waals surface area contributed by atoms with Crippen LogP contribution >= 0.6 is 0 Å². The first kappa shape index (κ1) is 13.8. The van der Waals surface area contributed by atoms with Gasteiger partial charge in [0, 0.05) is 18.7 Å². The molecule has 1 aliphatic rings. The smallest absolute Gasteiger partial charge is 0.339 e. The second-order valence-electron chi connectivity index (χ2n) is 5.28. The Labute approximate surface area is 125 Å². The van der Waals surface area contributed by atoms with Crippen LogP contribution in [0.15, 0.2) is 60.7 Å². The largest absolute Gasteiger partial charge is 0.438 e. The van der Waals surface area contributed by atoms with Gasteiger partial charge in [-0.1, -0.05) is 48.5 Å². The van der Waals surface area contributed by atoms with Gasteiger partial charge < -0.3 is 4.74 Å². The van der Waals surface area contributed by atoms with Gasteiger partial charge in [0.25, 0.3) is 0 Å². The number of hydrogen-bond donors (Lipinski definition) is 0. The summed E-state index contributed by atoms with van der Waals surface area (Å²) < 4.78 is 5.79. The zero-order chi connectivity index (χ0) is 14.5. The third-order valence-corrected chi connectivity index (χ3v) is 3.79. The van der Waals surface area contributed by atoms with E-state index in [1.165, 1.54) is 0 Å². The molecule has 3 nitrogen and oxygen atoms in total. The van der Waals surface area contributed by atoms with Crippen molar-refractivity contribution >= 4 is 5.97 Å². The van der Waals surface area contributed by atoms with Crippen LogP contribution in [-0.4, -0.2) is 24.0 Å². The fourth-order valence-electron chi connectivity index (χ4n) is 2.69. The second kappa shape index (κ2) is 6.55. The lowest BCUT2D eigenvalue weighted by atomic mass is 10.2. The molecular weight excluding hydrogens is 262 g/mol. The summed E-state index contributed by atoms with van der Waals surface area (Å²) in [6.07, 6.45) is 2.03. The molecule has 3 rings (SSSR count). The molecule has 21 heavy (non-hydrogen) atoms. The minimum absolute atomic E-state index is 0.267. The van der Waals surface area contributed by atoms with E-state index in [1.807, 2.05) is 48.5 Å². The molecule has 1 unspecified atom stereocenters. The summed E-state index contributed by atoms with van der Waals surface area (Å²) in [5, 5.41) is 0. The molecule has 0 N–H and O–H groups in total. The summed E-state index contributed by atoms with van der Waals surface area (Å²) in [4.78, 5) is 14.6. The predicted molar refractivity (Wildman–Crippen MR) is 81.8 cm³/mol. The van der Waals surface area contributed by atoms with Crippen LogP contribution in [0.3, 0.4) is 0 Å². The Balaban J connectivity index is 1.81. The molecule has 0 spiro atoms. The molecule has 0 bridgehead atoms. The number of ether oxygens (including phenoxy) is 1. The Hall–Kier alpha value is -2.13. The molecule has 2 aromatic carbocycles. The van der Waals surface area contributed by atoms with Crippen LogP contribution in [0, 0.1) is 0 Å². The van der Waals surface area contributed by atoms with Gasteiger partial charge in [-0.2, -0.15) is 0 Å². The molecule has 2 aromatic rings. The lowest BCUT2D eigenvalue weighted by Crippen LogP contribution is -2.29. The van der Waals surface area contributed by atoms with Crippen molar-refractivity contribution in [3.05, 3.63) is 71.8 Å². The highest BCUT2D eigenvalue weighted by molar-refractivity contribution is 5.89. The lowest BCUT2D eigenvalue weighted by molar-refractivity contribution is -0.0258. The van der Waals surface area contributed by atoms with Crippen LogP contribution in [0.2, 0.25) is 0 Å². The van der Waals surface area contributed by atoms with Crippen LogP contribution in [0.25, 0.3) is 0 Å². The van der Waals surface area contributed by atoms with Gasteiger partial charge in [-0.3, -0.25) is 4.90 Å². The minimum Gasteiger partial charge on any atom is -0.438 e. The molecule has 1 saturated heterocycles. The van der Waals surface area contributed by atoms with Crippen molar-refractivity contribution < 1.29 is 9.53 Å². The minimum atomic E-state index is -0.290. The SMILES string of the molecule is O=C(OC(c1ccccc1)N1CCCC1)c1ccccc1. The third-order valence-electron chi connectivity index (χ3n) is 3.79. The highest BCUT2D eigenvalue weighted by Gasteiger charge is 2.27. The topological polar surface area (TPSA) is 29.5 Å². The number of hydrogen-bond acceptors (Lipinski definition) is 3. The van der Waals surface area contributed by atoms with Gasteiger partial charge in [-0.25, -0.2) is 4.79 Å². The van der Waals surface area contributed by atoms with E-state index in [2.05, 4.69) is 4.90 Å². The number of benzene rings is 2. The second-order valence-corrected chi connectivity index (χ2v) is 5.28. The molecule has 108 valence electrons. The quantitative estimate of drug-likeness (QED) is 0.801. The average Bonchev–Trinajstić information content (AvgIpc) is 3.08. The lowest BCUT2D eigenvalue weighted by Gasteiger charge is -2.27. The highest BCUT2D eigenvalue weighted by Crippen LogP contribution is 2.27. The Bertz CT molecular complexity index is 577. The molecule has 0 aliphatic carbocycles. The molecule has 1 aliphatic heterocycles. The van der Waals surface area contributed by atoms with Crippen molar-refractivity contribution in [1.82, 2.24) is 4.90 Å². The number of rotatable bonds is 4. The van der Waals surface area contributed by atoms with Gasteiger partial charge in [-0.05, 0) is 25.0 Å². The van der Waals surface area contributed by atoms with Crippen molar-refractivity contribution in [3.8, 4) is 0 Å². The Morgan fingerprint density at radius 1 is 0.905 bits per heavy atom. The van der Waals surface area contributed by atoms with Crippen LogP contribution in [-0.2, 0) is 4.74 Å². The van der Waals surface area contributed by atoms with Gasteiger partial charge in [-0.15, -0.1) is 0 Å². The van der Waals surface area contributed by atoms with Crippen LogP contribution in [0.4, 0.5) is 0 Å². The van der Waals surface area contributed by atoms with E-state index in [1.54, 1.807) is 12.1 Å². The summed E-state index contributed by atoms with van der Waals surface area (Å²) in [5.41, 5.74) is 1.63. The molecule has 0 aromatic heterocycles. The molecule has 0 saturated carbocycles. The maximum absolute atomic E-state index is 12.3. The molecule has 3 heteroatoms. The molecule has 0 radical (unpaired) electrons. The Morgan fingerprint density at radius 2 is 1.48 bits per heavy atom. The van der Waals surface area contributed by atoms with E-state index in [-0.39, 0.29) is 12.2 Å². The first-order chi connectivity index (χ1) is 10.3. The van der Waals surface area contributed by atoms with E-state index in [0.29, 0.717) is 5.56 Å². The van der Waals surface area contributed by atoms with Crippen molar-refractivity contribution in [2.75, 3.05) is 13.1 Å². The first-order valence-corrected chi connectivity index (χ1v) is 7.39. The highest BCUT2D eigenvalue weighted by atomic mass is 16.6. The van der Waals surface area contributed by atoms with Crippen LogP contribution in [0.1, 0.15) is 35.0 Å². The van der Waals surface area contributed by atoms with Gasteiger partial charge in [0.1, 0.15) is 0 Å². The molecular formula is C18H19NO2. The number of carbonyl (C=O) groups is 1. The van der Waals surface area contributed by atoms with Gasteiger partial charge in [0.15, 0.2) is 6.23 Å². The third kappa shape index (κ3) is 3.31. The number of likely N-dealkylation sites (tertiary alicyclic amines) is 1. The summed E-state index contributed by atoms with van der Waals surface area (Å²) >= 11 is 0. The van der Waals surface area contributed by atoms with Gasteiger partial charge >= 0.3 is 5.97 Å². The zero-order valence-electron chi connectivity index (χ0n) is 11.9. The maximum Gasteiger partial charge on any atom is 0.339 e. The maximum atomic E-state index is 12.3. The molecule has 1 fully saturated rings. The van der Waals surface area contributed by atoms with Crippen molar-refractivity contribution in [2.24, 2.45) is 0 Å².